The van der Waals surface area contributed by atoms with Gasteiger partial charge in [0.05, 0.1) is 12.0 Å². The molecule has 2 aromatic rings. The number of furan rings is 1. The van der Waals surface area contributed by atoms with Gasteiger partial charge >= 0.3 is 6.18 Å². The van der Waals surface area contributed by atoms with Crippen molar-refractivity contribution in [1.82, 2.24) is 20.1 Å². The second-order valence-electron chi connectivity index (χ2n) is 4.36. The smallest absolute Gasteiger partial charge is 0.405 e. The monoisotopic (exact) mass is 346 g/mol. The number of hydrogen-bond donors (Lipinski definition) is 1. The van der Waals surface area contributed by atoms with Crippen molar-refractivity contribution in [3.8, 4) is 11.6 Å². The molecule has 0 spiro atoms. The van der Waals surface area contributed by atoms with E-state index in [4.69, 9.17) is 4.42 Å². The molecule has 0 aliphatic heterocycles. The van der Waals surface area contributed by atoms with Crippen LogP contribution in [-0.4, -0.2) is 39.1 Å². The van der Waals surface area contributed by atoms with Crippen LogP contribution in [0.5, 0.6) is 0 Å². The van der Waals surface area contributed by atoms with Gasteiger partial charge < -0.3 is 9.73 Å². The first-order chi connectivity index (χ1) is 10.9. The van der Waals surface area contributed by atoms with Crippen molar-refractivity contribution in [2.45, 2.75) is 17.9 Å². The highest BCUT2D eigenvalue weighted by Gasteiger charge is 2.27. The summed E-state index contributed by atoms with van der Waals surface area (Å²) in [5.41, 5.74) is 0. The number of allylic oxidation sites excluding steroid dienone is 1. The fourth-order valence-electron chi connectivity index (χ4n) is 1.66. The summed E-state index contributed by atoms with van der Waals surface area (Å²) in [4.78, 5) is 11.4. The maximum absolute atomic E-state index is 12.0. The van der Waals surface area contributed by atoms with Gasteiger partial charge in [-0.15, -0.1) is 16.8 Å². The number of nitrogens with zero attached hydrogens (tertiary/aromatic N) is 3. The van der Waals surface area contributed by atoms with Gasteiger partial charge in [-0.3, -0.25) is 9.36 Å². The van der Waals surface area contributed by atoms with Crippen LogP contribution >= 0.6 is 11.8 Å². The zero-order valence-electron chi connectivity index (χ0n) is 11.8. The van der Waals surface area contributed by atoms with Crippen LogP contribution < -0.4 is 5.32 Å². The molecule has 0 fully saturated rings. The number of nitrogens with one attached hydrogen (secondary N) is 1. The molecule has 1 amide bonds. The van der Waals surface area contributed by atoms with Gasteiger partial charge in [0, 0.05) is 6.54 Å². The first-order valence-corrected chi connectivity index (χ1v) is 7.43. The summed E-state index contributed by atoms with van der Waals surface area (Å²) in [5.74, 6) is 0.00427. The Hall–Kier alpha value is -2.23. The van der Waals surface area contributed by atoms with Crippen LogP contribution in [0.15, 0.2) is 40.6 Å². The summed E-state index contributed by atoms with van der Waals surface area (Å²) in [6, 6.07) is 3.40. The molecule has 0 saturated carbocycles. The van der Waals surface area contributed by atoms with Crippen LogP contribution in [0, 0.1) is 0 Å². The van der Waals surface area contributed by atoms with Crippen LogP contribution in [0.4, 0.5) is 13.2 Å². The summed E-state index contributed by atoms with van der Waals surface area (Å²) in [6.45, 7) is 2.64. The van der Waals surface area contributed by atoms with Gasteiger partial charge in [-0.05, 0) is 12.1 Å². The molecule has 2 heterocycles. The van der Waals surface area contributed by atoms with Crippen molar-refractivity contribution < 1.29 is 22.4 Å². The molecule has 0 aliphatic carbocycles. The largest absolute Gasteiger partial charge is 0.461 e. The van der Waals surface area contributed by atoms with Crippen molar-refractivity contribution in [3.05, 3.63) is 31.1 Å². The standard InChI is InChI=1S/C13H13F3N4O2S/c1-2-5-20-11(9-4-3-6-22-9)18-19-12(20)23-7-10(21)17-8-13(14,15)16/h2-4,6H,1,5,7-8H2,(H,17,21). The predicted octanol–water partition coefficient (Wildman–Crippen LogP) is 2.49. The molecule has 0 bridgehead atoms. The van der Waals surface area contributed by atoms with Gasteiger partial charge in [-0.25, -0.2) is 0 Å². The summed E-state index contributed by atoms with van der Waals surface area (Å²) >= 11 is 0.984. The summed E-state index contributed by atoms with van der Waals surface area (Å²) in [5, 5.41) is 10.1. The van der Waals surface area contributed by atoms with Crippen molar-refractivity contribution >= 4 is 17.7 Å². The Bertz CT molecular complexity index is 667. The quantitative estimate of drug-likeness (QED) is 0.616. The Balaban J connectivity index is 2.03. The minimum Gasteiger partial charge on any atom is -0.461 e. The SMILES string of the molecule is C=CCn1c(SCC(=O)NCC(F)(F)F)nnc1-c1ccco1. The molecule has 0 aromatic carbocycles. The van der Waals surface area contributed by atoms with Crippen molar-refractivity contribution in [3.63, 3.8) is 0 Å². The Kier molecular flexibility index (Phi) is 5.48. The summed E-state index contributed by atoms with van der Waals surface area (Å²) < 4.78 is 43.0. The molecular formula is C13H13F3N4O2S. The van der Waals surface area contributed by atoms with E-state index in [-0.39, 0.29) is 5.75 Å². The summed E-state index contributed by atoms with van der Waals surface area (Å²) in [6.07, 6.45) is -1.33. The lowest BCUT2D eigenvalue weighted by Gasteiger charge is -2.08. The number of thioether (sulfide) groups is 1. The van der Waals surface area contributed by atoms with Gasteiger partial charge in [-0.1, -0.05) is 17.8 Å². The second kappa shape index (κ2) is 7.36. The third kappa shape index (κ3) is 4.88. The number of aromatic nitrogens is 3. The van der Waals surface area contributed by atoms with E-state index in [1.165, 1.54) is 6.26 Å². The minimum atomic E-state index is -4.43. The molecule has 2 aromatic heterocycles. The first kappa shape index (κ1) is 17.1. The van der Waals surface area contributed by atoms with Crippen molar-refractivity contribution in [2.24, 2.45) is 0 Å². The second-order valence-corrected chi connectivity index (χ2v) is 5.31. The van der Waals surface area contributed by atoms with E-state index >= 15 is 0 Å². The van der Waals surface area contributed by atoms with E-state index in [2.05, 4.69) is 16.8 Å². The molecule has 0 unspecified atom stereocenters. The zero-order valence-corrected chi connectivity index (χ0v) is 12.7. The van der Waals surface area contributed by atoms with Crippen LogP contribution in [-0.2, 0) is 11.3 Å². The number of carbonyl (C=O) groups is 1. The lowest BCUT2D eigenvalue weighted by molar-refractivity contribution is -0.136. The topological polar surface area (TPSA) is 73.0 Å². The van der Waals surface area contributed by atoms with E-state index in [1.807, 2.05) is 0 Å². The molecule has 23 heavy (non-hydrogen) atoms. The number of rotatable bonds is 7. The number of alkyl halides is 3. The molecule has 0 radical (unpaired) electrons. The van der Waals surface area contributed by atoms with E-state index < -0.39 is 18.6 Å². The van der Waals surface area contributed by atoms with Crippen molar-refractivity contribution in [1.29, 1.82) is 0 Å². The predicted molar refractivity (Wildman–Crippen MR) is 77.7 cm³/mol. The molecule has 10 heteroatoms. The number of amides is 1. The third-order valence-electron chi connectivity index (χ3n) is 2.59. The van der Waals surface area contributed by atoms with Crippen LogP contribution in [0.3, 0.4) is 0 Å². The highest BCUT2D eigenvalue weighted by molar-refractivity contribution is 7.99. The van der Waals surface area contributed by atoms with E-state index in [0.717, 1.165) is 11.8 Å². The molecule has 0 atom stereocenters. The van der Waals surface area contributed by atoms with Gasteiger partial charge in [0.2, 0.25) is 11.7 Å². The average Bonchev–Trinajstić information content (AvgIpc) is 3.12. The average molecular weight is 346 g/mol. The van der Waals surface area contributed by atoms with Crippen LogP contribution in [0.2, 0.25) is 0 Å². The number of hydrogen-bond acceptors (Lipinski definition) is 5. The van der Waals surface area contributed by atoms with E-state index in [9.17, 15) is 18.0 Å². The highest BCUT2D eigenvalue weighted by Crippen LogP contribution is 2.24. The molecule has 2 rings (SSSR count). The first-order valence-electron chi connectivity index (χ1n) is 6.45. The fraction of sp³-hybridized carbons (Fsp3) is 0.308. The Morgan fingerprint density at radius 1 is 1.48 bits per heavy atom. The summed E-state index contributed by atoms with van der Waals surface area (Å²) in [7, 11) is 0. The Morgan fingerprint density at radius 3 is 2.87 bits per heavy atom. The highest BCUT2D eigenvalue weighted by atomic mass is 32.2. The van der Waals surface area contributed by atoms with Gasteiger partial charge in [-0.2, -0.15) is 13.2 Å². The van der Waals surface area contributed by atoms with Gasteiger partial charge in [0.1, 0.15) is 6.54 Å². The minimum absolute atomic E-state index is 0.205. The number of carbonyl (C=O) groups excluding carboxylic acids is 1. The number of halogens is 3. The zero-order chi connectivity index (χ0) is 16.9. The lowest BCUT2D eigenvalue weighted by atomic mass is 10.4. The molecule has 0 saturated heterocycles. The van der Waals surface area contributed by atoms with Crippen LogP contribution in [0.1, 0.15) is 0 Å². The van der Waals surface area contributed by atoms with Crippen molar-refractivity contribution in [2.75, 3.05) is 12.3 Å². The van der Waals surface area contributed by atoms with E-state index in [1.54, 1.807) is 28.1 Å². The molecule has 1 N–H and O–H groups in total. The fourth-order valence-corrected chi connectivity index (χ4v) is 2.43. The maximum Gasteiger partial charge on any atom is 0.405 e. The molecule has 124 valence electrons. The van der Waals surface area contributed by atoms with Gasteiger partial charge in [0.25, 0.3) is 0 Å². The van der Waals surface area contributed by atoms with E-state index in [0.29, 0.717) is 23.3 Å². The lowest BCUT2D eigenvalue weighted by Crippen LogP contribution is -2.34. The Morgan fingerprint density at radius 2 is 2.26 bits per heavy atom. The third-order valence-corrected chi connectivity index (χ3v) is 3.56. The molecular weight excluding hydrogens is 333 g/mol. The molecule has 6 nitrogen and oxygen atoms in total. The maximum atomic E-state index is 12.0. The normalized spacial score (nSPS) is 11.4. The molecule has 0 aliphatic rings. The van der Waals surface area contributed by atoms with Gasteiger partial charge in [0.15, 0.2) is 10.9 Å². The van der Waals surface area contributed by atoms with Crippen LogP contribution in [0.25, 0.3) is 11.6 Å². The Labute approximate surface area is 133 Å².